The largest absolute Gasteiger partial charge is 0.488 e. The summed E-state index contributed by atoms with van der Waals surface area (Å²) in [5.74, 6) is 1.85. The number of hydrogen-bond acceptors (Lipinski definition) is 3. The Morgan fingerprint density at radius 1 is 1.18 bits per heavy atom. The number of nitrogen functional groups attached to an aromatic ring is 1. The second-order valence-electron chi connectivity index (χ2n) is 2.83. The monoisotopic (exact) mass is 149 g/mol. The van der Waals surface area contributed by atoms with Crippen LogP contribution in [0.4, 0.5) is 5.69 Å². The molecule has 2 N–H and O–H groups in total. The smallest absolute Gasteiger partial charge is 0.138 e. The van der Waals surface area contributed by atoms with E-state index in [1.165, 1.54) is 5.56 Å². The van der Waals surface area contributed by atoms with Crippen molar-refractivity contribution in [3.63, 3.8) is 0 Å². The summed E-state index contributed by atoms with van der Waals surface area (Å²) in [4.78, 5) is 0. The highest BCUT2D eigenvalue weighted by Crippen LogP contribution is 2.47. The van der Waals surface area contributed by atoms with Gasteiger partial charge < -0.3 is 15.2 Å². The average Bonchev–Trinajstić information content (AvgIpc) is 1.88. The standard InChI is InChI=1S/C8H7NO2/c9-6-1-7-5(3-10-7)8-4(6)2-11-8/h1H,2-3,9H2. The van der Waals surface area contributed by atoms with Crippen molar-refractivity contribution in [2.45, 2.75) is 13.2 Å². The summed E-state index contributed by atoms with van der Waals surface area (Å²) in [6, 6.07) is 1.88. The first-order valence-corrected chi connectivity index (χ1v) is 3.56. The van der Waals surface area contributed by atoms with Gasteiger partial charge in [-0.1, -0.05) is 0 Å². The van der Waals surface area contributed by atoms with Gasteiger partial charge in [-0.15, -0.1) is 0 Å². The molecule has 0 aliphatic carbocycles. The summed E-state index contributed by atoms with van der Waals surface area (Å²) >= 11 is 0. The second kappa shape index (κ2) is 1.44. The Hall–Kier alpha value is -1.38. The van der Waals surface area contributed by atoms with Gasteiger partial charge in [0.05, 0.1) is 11.1 Å². The van der Waals surface area contributed by atoms with Crippen LogP contribution < -0.4 is 15.2 Å². The van der Waals surface area contributed by atoms with Gasteiger partial charge in [0.1, 0.15) is 24.7 Å². The van der Waals surface area contributed by atoms with E-state index in [1.54, 1.807) is 0 Å². The van der Waals surface area contributed by atoms with Gasteiger partial charge in [-0.05, 0) is 0 Å². The molecule has 0 saturated heterocycles. The third-order valence-electron chi connectivity index (χ3n) is 2.21. The molecule has 3 rings (SSSR count). The van der Waals surface area contributed by atoms with Crippen LogP contribution in [0.15, 0.2) is 6.07 Å². The third-order valence-corrected chi connectivity index (χ3v) is 2.21. The fourth-order valence-electron chi connectivity index (χ4n) is 1.46. The van der Waals surface area contributed by atoms with Crippen molar-refractivity contribution >= 4 is 5.69 Å². The highest BCUT2D eigenvalue weighted by Gasteiger charge is 2.30. The Morgan fingerprint density at radius 2 is 2.00 bits per heavy atom. The van der Waals surface area contributed by atoms with Crippen molar-refractivity contribution in [1.29, 1.82) is 0 Å². The van der Waals surface area contributed by atoms with Gasteiger partial charge >= 0.3 is 0 Å². The molecule has 0 saturated carbocycles. The quantitative estimate of drug-likeness (QED) is 0.561. The first kappa shape index (κ1) is 5.29. The summed E-state index contributed by atoms with van der Waals surface area (Å²) in [5.41, 5.74) is 8.84. The molecule has 1 aromatic rings. The Balaban J connectivity index is 2.35. The number of ether oxygens (including phenoxy) is 2. The summed E-state index contributed by atoms with van der Waals surface area (Å²) < 4.78 is 10.4. The van der Waals surface area contributed by atoms with Crippen LogP contribution in [0.5, 0.6) is 11.5 Å². The molecule has 0 radical (unpaired) electrons. The summed E-state index contributed by atoms with van der Waals surface area (Å²) in [7, 11) is 0. The molecule has 0 unspecified atom stereocenters. The molecular weight excluding hydrogens is 142 g/mol. The van der Waals surface area contributed by atoms with Crippen molar-refractivity contribution in [2.75, 3.05) is 5.73 Å². The van der Waals surface area contributed by atoms with Gasteiger partial charge in [-0.25, -0.2) is 0 Å². The topological polar surface area (TPSA) is 44.5 Å². The van der Waals surface area contributed by atoms with Gasteiger partial charge in [0.15, 0.2) is 0 Å². The van der Waals surface area contributed by atoms with E-state index < -0.39 is 0 Å². The normalized spacial score (nSPS) is 16.4. The molecule has 56 valence electrons. The van der Waals surface area contributed by atoms with E-state index in [9.17, 15) is 0 Å². The van der Waals surface area contributed by atoms with Crippen molar-refractivity contribution < 1.29 is 9.47 Å². The van der Waals surface area contributed by atoms with Crippen molar-refractivity contribution in [2.24, 2.45) is 0 Å². The van der Waals surface area contributed by atoms with Gasteiger partial charge in [0, 0.05) is 11.8 Å². The Bertz CT molecular complexity index is 326. The second-order valence-corrected chi connectivity index (χ2v) is 2.83. The van der Waals surface area contributed by atoms with E-state index in [1.807, 2.05) is 6.07 Å². The minimum Gasteiger partial charge on any atom is -0.488 e. The van der Waals surface area contributed by atoms with Crippen LogP contribution in [0.25, 0.3) is 0 Å². The molecule has 0 fully saturated rings. The fourth-order valence-corrected chi connectivity index (χ4v) is 1.46. The van der Waals surface area contributed by atoms with Crippen molar-refractivity contribution in [3.8, 4) is 11.5 Å². The molecule has 2 heterocycles. The highest BCUT2D eigenvalue weighted by atomic mass is 16.5. The fraction of sp³-hybridized carbons (Fsp3) is 0.250. The number of nitrogens with two attached hydrogens (primary N) is 1. The van der Waals surface area contributed by atoms with Crippen LogP contribution in [0.2, 0.25) is 0 Å². The molecule has 0 aromatic heterocycles. The summed E-state index contributed by atoms with van der Waals surface area (Å²) in [6.07, 6.45) is 0. The molecule has 3 heteroatoms. The zero-order chi connectivity index (χ0) is 7.42. The number of hydrogen-bond donors (Lipinski definition) is 1. The number of anilines is 1. The lowest BCUT2D eigenvalue weighted by atomic mass is 10.0. The zero-order valence-corrected chi connectivity index (χ0v) is 5.89. The van der Waals surface area contributed by atoms with Crippen LogP contribution in [-0.4, -0.2) is 0 Å². The predicted octanol–water partition coefficient (Wildman–Crippen LogP) is 1.05. The predicted molar refractivity (Wildman–Crippen MR) is 39.5 cm³/mol. The minimum absolute atomic E-state index is 0.661. The van der Waals surface area contributed by atoms with E-state index in [2.05, 4.69) is 0 Å². The third kappa shape index (κ3) is 0.461. The lowest BCUT2D eigenvalue weighted by Gasteiger charge is -2.31. The van der Waals surface area contributed by atoms with Gasteiger partial charge in [-0.3, -0.25) is 0 Å². The van der Waals surface area contributed by atoms with Gasteiger partial charge in [0.2, 0.25) is 0 Å². The van der Waals surface area contributed by atoms with Crippen LogP contribution in [0.1, 0.15) is 11.1 Å². The molecular formula is C8H7NO2. The van der Waals surface area contributed by atoms with Gasteiger partial charge in [-0.2, -0.15) is 0 Å². The molecule has 0 atom stereocenters. The molecule has 2 aliphatic heterocycles. The lowest BCUT2D eigenvalue weighted by molar-refractivity contribution is 0.193. The van der Waals surface area contributed by atoms with E-state index in [-0.39, 0.29) is 0 Å². The lowest BCUT2D eigenvalue weighted by Crippen LogP contribution is -2.21. The van der Waals surface area contributed by atoms with E-state index in [0.29, 0.717) is 13.2 Å². The maximum absolute atomic E-state index is 5.72. The zero-order valence-electron chi connectivity index (χ0n) is 5.89. The number of rotatable bonds is 0. The molecule has 0 amide bonds. The highest BCUT2D eigenvalue weighted by molar-refractivity contribution is 5.67. The first-order chi connectivity index (χ1) is 5.36. The Kier molecular flexibility index (Phi) is 0.695. The van der Waals surface area contributed by atoms with E-state index in [0.717, 1.165) is 22.7 Å². The summed E-state index contributed by atoms with van der Waals surface area (Å²) in [5, 5.41) is 0. The first-order valence-electron chi connectivity index (χ1n) is 3.56. The van der Waals surface area contributed by atoms with Crippen LogP contribution in [-0.2, 0) is 13.2 Å². The molecule has 0 bridgehead atoms. The summed E-state index contributed by atoms with van der Waals surface area (Å²) in [6.45, 7) is 1.34. The molecule has 3 nitrogen and oxygen atoms in total. The van der Waals surface area contributed by atoms with E-state index in [4.69, 9.17) is 15.2 Å². The molecule has 2 aliphatic rings. The van der Waals surface area contributed by atoms with Crippen LogP contribution in [0.3, 0.4) is 0 Å². The maximum atomic E-state index is 5.72. The van der Waals surface area contributed by atoms with Crippen LogP contribution in [0, 0.1) is 0 Å². The Labute approximate surface area is 63.7 Å². The van der Waals surface area contributed by atoms with Crippen molar-refractivity contribution in [1.82, 2.24) is 0 Å². The molecule has 1 aromatic carbocycles. The van der Waals surface area contributed by atoms with E-state index >= 15 is 0 Å². The SMILES string of the molecule is Nc1cc2c(c3c1CO3)CO2. The number of benzene rings is 1. The Morgan fingerprint density at radius 3 is 2.55 bits per heavy atom. The van der Waals surface area contributed by atoms with Gasteiger partial charge in [0.25, 0.3) is 0 Å². The molecule has 0 spiro atoms. The number of fused-ring (bicyclic) bond motifs is 3. The van der Waals surface area contributed by atoms with Crippen molar-refractivity contribution in [3.05, 3.63) is 17.2 Å². The maximum Gasteiger partial charge on any atom is 0.138 e. The minimum atomic E-state index is 0.661. The molecule has 11 heavy (non-hydrogen) atoms. The van der Waals surface area contributed by atoms with Crippen LogP contribution >= 0.6 is 0 Å². The average molecular weight is 149 g/mol.